The van der Waals surface area contributed by atoms with Crippen molar-refractivity contribution in [3.05, 3.63) is 132 Å². The molecule has 0 aliphatic heterocycles. The summed E-state index contributed by atoms with van der Waals surface area (Å²) in [5.74, 6) is 1.09. The zero-order chi connectivity index (χ0) is 28.2. The van der Waals surface area contributed by atoms with Gasteiger partial charge in [-0.3, -0.25) is 0 Å². The van der Waals surface area contributed by atoms with Gasteiger partial charge in [0.05, 0.1) is 0 Å². The average Bonchev–Trinajstić information content (AvgIpc) is 3.03. The molecule has 0 radical (unpaired) electrons. The Balaban J connectivity index is 1.38. The molecule has 198 valence electrons. The van der Waals surface area contributed by atoms with Crippen LogP contribution in [0.5, 0.6) is 0 Å². The first-order valence-electron chi connectivity index (χ1n) is 13.0. The Bertz CT molecular complexity index is 1940. The number of amidine groups is 1. The maximum atomic E-state index is 13.7. The second-order valence-electron chi connectivity index (χ2n) is 9.27. The molecule has 7 heteroatoms. The first kappa shape index (κ1) is 26.3. The number of para-hydroxylation sites is 2. The van der Waals surface area contributed by atoms with Crippen molar-refractivity contribution in [1.29, 1.82) is 0 Å². The first-order valence-corrected chi connectivity index (χ1v) is 15.6. The number of fused-ring (bicyclic) bond motifs is 2. The van der Waals surface area contributed by atoms with Crippen LogP contribution in [-0.2, 0) is 0 Å². The predicted octanol–water partition coefficient (Wildman–Crippen LogP) is 6.80. The molecule has 1 N–H and O–H groups in total. The number of carbonyl (C=O) groups excluding carboxylic acids is 2. The fourth-order valence-corrected chi connectivity index (χ4v) is 5.42. The molecule has 4 aromatic carbocycles. The Morgan fingerprint density at radius 3 is 1.63 bits per heavy atom. The standard InChI is InChI=1S/C34H24N4O2Se/c1-41-34(37-32(39)26-20-24-16-8-10-18-28(24)35-30(26)22-12-4-2-5-13-22)38-33(40)27-21-25-17-9-11-19-29(25)36-31(27)23-14-6-3-7-15-23/h2-21H,1H3,(H,37,38,39,40). The molecular weight excluding hydrogens is 575 g/mol. The molecule has 2 amide bonds. The fraction of sp³-hybridized carbons (Fsp3) is 0.0294. The summed E-state index contributed by atoms with van der Waals surface area (Å²) >= 11 is -0.278. The second kappa shape index (κ2) is 11.6. The van der Waals surface area contributed by atoms with E-state index in [-0.39, 0.29) is 20.9 Å². The number of carbonyl (C=O) groups is 2. The van der Waals surface area contributed by atoms with E-state index in [1.54, 1.807) is 0 Å². The predicted molar refractivity (Wildman–Crippen MR) is 165 cm³/mol. The fourth-order valence-electron chi connectivity index (χ4n) is 4.64. The van der Waals surface area contributed by atoms with Gasteiger partial charge in [0.15, 0.2) is 0 Å². The van der Waals surface area contributed by atoms with Crippen LogP contribution in [0.2, 0.25) is 5.82 Å². The summed E-state index contributed by atoms with van der Waals surface area (Å²) in [6, 6.07) is 38.2. The maximum absolute atomic E-state index is 13.7. The summed E-state index contributed by atoms with van der Waals surface area (Å²) in [6.45, 7) is 0. The van der Waals surface area contributed by atoms with Crippen LogP contribution in [0.15, 0.2) is 126 Å². The van der Waals surface area contributed by atoms with Gasteiger partial charge in [0.25, 0.3) is 0 Å². The molecule has 0 unspecified atom stereocenters. The Morgan fingerprint density at radius 1 is 0.634 bits per heavy atom. The van der Waals surface area contributed by atoms with E-state index < -0.39 is 5.91 Å². The number of benzene rings is 4. The summed E-state index contributed by atoms with van der Waals surface area (Å²) in [4.78, 5) is 41.4. The van der Waals surface area contributed by atoms with Crippen LogP contribution in [-0.4, -0.2) is 41.5 Å². The molecule has 0 spiro atoms. The number of aromatic nitrogens is 2. The number of hydrogen-bond acceptors (Lipinski definition) is 4. The van der Waals surface area contributed by atoms with E-state index >= 15 is 0 Å². The van der Waals surface area contributed by atoms with Crippen LogP contribution in [0.3, 0.4) is 0 Å². The molecule has 0 saturated heterocycles. The zero-order valence-electron chi connectivity index (χ0n) is 22.1. The van der Waals surface area contributed by atoms with E-state index in [9.17, 15) is 9.59 Å². The van der Waals surface area contributed by atoms with E-state index in [1.165, 1.54) is 0 Å². The van der Waals surface area contributed by atoms with Crippen molar-refractivity contribution in [3.63, 3.8) is 0 Å². The van der Waals surface area contributed by atoms with Gasteiger partial charge in [-0.25, -0.2) is 0 Å². The Labute approximate surface area is 243 Å². The third-order valence-corrected chi connectivity index (χ3v) is 7.85. The van der Waals surface area contributed by atoms with E-state index in [0.29, 0.717) is 27.2 Å². The van der Waals surface area contributed by atoms with E-state index in [4.69, 9.17) is 9.97 Å². The van der Waals surface area contributed by atoms with Gasteiger partial charge in [-0.15, -0.1) is 0 Å². The monoisotopic (exact) mass is 600 g/mol. The summed E-state index contributed by atoms with van der Waals surface area (Å²) in [5.41, 5.74) is 5.15. The zero-order valence-corrected chi connectivity index (χ0v) is 23.8. The molecule has 0 aliphatic rings. The van der Waals surface area contributed by atoms with Crippen LogP contribution in [0, 0.1) is 0 Å². The SMILES string of the molecule is C[Se]C(=NC(=O)c1cc2ccccc2nc1-c1ccccc1)NC(=O)c1cc2ccccc2nc1-c1ccccc1. The van der Waals surface area contributed by atoms with Gasteiger partial charge in [-0.1, -0.05) is 0 Å². The summed E-state index contributed by atoms with van der Waals surface area (Å²) in [6.07, 6.45) is 0. The van der Waals surface area contributed by atoms with Gasteiger partial charge < -0.3 is 0 Å². The Kier molecular flexibility index (Phi) is 7.46. The summed E-state index contributed by atoms with van der Waals surface area (Å²) < 4.78 is 0.326. The molecule has 6 rings (SSSR count). The number of nitrogens with one attached hydrogen (secondary N) is 1. The molecule has 6 aromatic rings. The number of pyridine rings is 2. The van der Waals surface area contributed by atoms with Gasteiger partial charge in [0, 0.05) is 0 Å². The van der Waals surface area contributed by atoms with Crippen molar-refractivity contribution in [2.24, 2.45) is 4.99 Å². The van der Waals surface area contributed by atoms with Gasteiger partial charge in [-0.2, -0.15) is 0 Å². The third kappa shape index (κ3) is 5.54. The molecule has 6 nitrogen and oxygen atoms in total. The van der Waals surface area contributed by atoms with Crippen molar-refractivity contribution in [2.75, 3.05) is 0 Å². The van der Waals surface area contributed by atoms with Crippen molar-refractivity contribution >= 4 is 53.3 Å². The van der Waals surface area contributed by atoms with Crippen molar-refractivity contribution < 1.29 is 9.59 Å². The summed E-state index contributed by atoms with van der Waals surface area (Å²) in [7, 11) is 0. The third-order valence-electron chi connectivity index (χ3n) is 6.63. The molecule has 0 saturated carbocycles. The van der Waals surface area contributed by atoms with Crippen molar-refractivity contribution in [1.82, 2.24) is 15.3 Å². The van der Waals surface area contributed by atoms with Crippen LogP contribution in [0.4, 0.5) is 0 Å². The molecule has 0 bridgehead atoms. The Hall–Kier alpha value is -4.97. The van der Waals surface area contributed by atoms with Gasteiger partial charge >= 0.3 is 244 Å². The molecular formula is C34H24N4O2Se. The topological polar surface area (TPSA) is 84.3 Å². The van der Waals surface area contributed by atoms with Gasteiger partial charge in [0.2, 0.25) is 0 Å². The Morgan fingerprint density at radius 2 is 1.10 bits per heavy atom. The number of nitrogens with zero attached hydrogens (tertiary/aromatic N) is 3. The molecule has 2 aromatic heterocycles. The van der Waals surface area contributed by atoms with Gasteiger partial charge in [-0.05, 0) is 0 Å². The average molecular weight is 600 g/mol. The van der Waals surface area contributed by atoms with E-state index in [1.807, 2.05) is 127 Å². The van der Waals surface area contributed by atoms with Crippen LogP contribution in [0.1, 0.15) is 20.7 Å². The molecule has 0 atom stereocenters. The second-order valence-corrected chi connectivity index (χ2v) is 10.9. The molecule has 2 heterocycles. The molecule has 0 aliphatic carbocycles. The van der Waals surface area contributed by atoms with Crippen molar-refractivity contribution in [3.8, 4) is 22.5 Å². The molecule has 0 fully saturated rings. The number of hydrogen-bond donors (Lipinski definition) is 1. The minimum atomic E-state index is -0.457. The molecule has 41 heavy (non-hydrogen) atoms. The number of amides is 2. The van der Waals surface area contributed by atoms with E-state index in [0.717, 1.165) is 32.9 Å². The van der Waals surface area contributed by atoms with Crippen molar-refractivity contribution in [2.45, 2.75) is 5.82 Å². The number of aliphatic imine (C=N–C) groups is 1. The quantitative estimate of drug-likeness (QED) is 0.134. The van der Waals surface area contributed by atoms with E-state index in [2.05, 4.69) is 10.3 Å². The van der Waals surface area contributed by atoms with Crippen LogP contribution < -0.4 is 5.32 Å². The summed E-state index contributed by atoms with van der Waals surface area (Å²) in [5, 5.41) is 4.60. The number of rotatable bonds is 5. The van der Waals surface area contributed by atoms with Crippen LogP contribution in [0.25, 0.3) is 44.3 Å². The van der Waals surface area contributed by atoms with Crippen LogP contribution >= 0.6 is 0 Å². The normalized spacial score (nSPS) is 11.5. The minimum absolute atomic E-state index is 0.278. The first-order chi connectivity index (χ1) is 20.1. The van der Waals surface area contributed by atoms with Gasteiger partial charge in [0.1, 0.15) is 0 Å².